The maximum Gasteiger partial charge on any atom is 0.214 e. The van der Waals surface area contributed by atoms with Gasteiger partial charge in [0.15, 0.2) is 5.82 Å². The lowest BCUT2D eigenvalue weighted by molar-refractivity contribution is 0.574. The molecule has 6 nitrogen and oxygen atoms in total. The van der Waals surface area contributed by atoms with Crippen molar-refractivity contribution in [2.24, 2.45) is 0 Å². The minimum absolute atomic E-state index is 0.440. The number of rotatable bonds is 2. The van der Waals surface area contributed by atoms with E-state index in [0.717, 1.165) is 48.7 Å². The summed E-state index contributed by atoms with van der Waals surface area (Å²) >= 11 is 0. The van der Waals surface area contributed by atoms with E-state index in [1.165, 1.54) is 6.07 Å². The van der Waals surface area contributed by atoms with Gasteiger partial charge in [-0.25, -0.2) is 15.0 Å². The van der Waals surface area contributed by atoms with Gasteiger partial charge in [0.05, 0.1) is 5.52 Å². The van der Waals surface area contributed by atoms with Crippen molar-refractivity contribution in [2.45, 2.75) is 6.92 Å². The number of halogens is 1. The zero-order valence-electron chi connectivity index (χ0n) is 12.8. The van der Waals surface area contributed by atoms with E-state index in [2.05, 4.69) is 29.7 Å². The topological polar surface area (TPSA) is 60.9 Å². The molecule has 0 saturated carbocycles. The number of piperazine rings is 1. The highest BCUT2D eigenvalue weighted by molar-refractivity contribution is 5.86. The lowest BCUT2D eigenvalue weighted by atomic mass is 10.3. The summed E-state index contributed by atoms with van der Waals surface area (Å²) in [6.45, 7) is 5.19. The molecule has 118 valence electrons. The molecule has 0 radical (unpaired) electrons. The van der Waals surface area contributed by atoms with Gasteiger partial charge in [-0.1, -0.05) is 6.07 Å². The minimum atomic E-state index is -0.440. The van der Waals surface area contributed by atoms with Crippen LogP contribution in [0.2, 0.25) is 0 Å². The van der Waals surface area contributed by atoms with Crippen molar-refractivity contribution in [2.75, 3.05) is 36.0 Å². The van der Waals surface area contributed by atoms with E-state index in [1.807, 2.05) is 19.1 Å². The number of hydrogen-bond acceptors (Lipinski definition) is 5. The molecule has 3 aromatic heterocycles. The van der Waals surface area contributed by atoms with Gasteiger partial charge in [0.1, 0.15) is 17.7 Å². The molecule has 0 bridgehead atoms. The average Bonchev–Trinajstić information content (AvgIpc) is 2.95. The number of aromatic amines is 1. The fourth-order valence-electron chi connectivity index (χ4n) is 3.02. The summed E-state index contributed by atoms with van der Waals surface area (Å²) in [5.74, 6) is 1.17. The van der Waals surface area contributed by atoms with Gasteiger partial charge in [-0.3, -0.25) is 0 Å². The number of nitrogens with one attached hydrogen (secondary N) is 1. The average molecular weight is 312 g/mol. The normalized spacial score (nSPS) is 15.4. The van der Waals surface area contributed by atoms with Gasteiger partial charge >= 0.3 is 0 Å². The second kappa shape index (κ2) is 5.49. The molecule has 0 spiro atoms. The summed E-state index contributed by atoms with van der Waals surface area (Å²) in [4.78, 5) is 20.4. The zero-order valence-corrected chi connectivity index (χ0v) is 12.8. The summed E-state index contributed by atoms with van der Waals surface area (Å²) in [5, 5.41) is 0. The first-order valence-corrected chi connectivity index (χ1v) is 7.63. The van der Waals surface area contributed by atoms with Gasteiger partial charge < -0.3 is 14.8 Å². The second-order valence-corrected chi connectivity index (χ2v) is 5.70. The molecular weight excluding hydrogens is 295 g/mol. The second-order valence-electron chi connectivity index (χ2n) is 5.70. The third-order valence-electron chi connectivity index (χ3n) is 4.14. The number of anilines is 2. The van der Waals surface area contributed by atoms with Crippen molar-refractivity contribution in [1.29, 1.82) is 0 Å². The SMILES string of the molecule is Cc1cc2ncnc(N3CCN(c4cccc(F)n4)CC3)c2[nH]1. The molecule has 23 heavy (non-hydrogen) atoms. The number of H-pyrrole nitrogens is 1. The smallest absolute Gasteiger partial charge is 0.214 e. The Kier molecular flexibility index (Phi) is 3.33. The molecule has 1 N–H and O–H groups in total. The van der Waals surface area contributed by atoms with Gasteiger partial charge in [-0.2, -0.15) is 4.39 Å². The Morgan fingerprint density at radius 1 is 1.09 bits per heavy atom. The Morgan fingerprint density at radius 3 is 2.65 bits per heavy atom. The van der Waals surface area contributed by atoms with Crippen LogP contribution in [-0.2, 0) is 0 Å². The number of nitrogens with zero attached hydrogens (tertiary/aromatic N) is 5. The number of aromatic nitrogens is 4. The van der Waals surface area contributed by atoms with E-state index >= 15 is 0 Å². The highest BCUT2D eigenvalue weighted by Gasteiger charge is 2.21. The van der Waals surface area contributed by atoms with Crippen molar-refractivity contribution >= 4 is 22.7 Å². The van der Waals surface area contributed by atoms with Crippen molar-refractivity contribution < 1.29 is 4.39 Å². The van der Waals surface area contributed by atoms with Gasteiger partial charge in [-0.05, 0) is 25.1 Å². The van der Waals surface area contributed by atoms with Gasteiger partial charge in [0.25, 0.3) is 0 Å². The Morgan fingerprint density at radius 2 is 1.87 bits per heavy atom. The van der Waals surface area contributed by atoms with Crippen LogP contribution in [0.4, 0.5) is 16.0 Å². The Balaban J connectivity index is 1.55. The maximum absolute atomic E-state index is 13.3. The highest BCUT2D eigenvalue weighted by atomic mass is 19.1. The summed E-state index contributed by atoms with van der Waals surface area (Å²) < 4.78 is 13.3. The van der Waals surface area contributed by atoms with Crippen molar-refractivity contribution in [3.05, 3.63) is 42.2 Å². The van der Waals surface area contributed by atoms with Crippen LogP contribution in [0.5, 0.6) is 0 Å². The molecule has 0 amide bonds. The molecule has 0 aliphatic carbocycles. The zero-order chi connectivity index (χ0) is 15.8. The quantitative estimate of drug-likeness (QED) is 0.735. The van der Waals surface area contributed by atoms with Crippen molar-refractivity contribution in [3.8, 4) is 0 Å². The fourth-order valence-corrected chi connectivity index (χ4v) is 3.02. The van der Waals surface area contributed by atoms with Gasteiger partial charge in [-0.15, -0.1) is 0 Å². The van der Waals surface area contributed by atoms with Crippen molar-refractivity contribution in [3.63, 3.8) is 0 Å². The molecule has 4 heterocycles. The largest absolute Gasteiger partial charge is 0.354 e. The fraction of sp³-hybridized carbons (Fsp3) is 0.312. The third-order valence-corrected chi connectivity index (χ3v) is 4.14. The predicted molar refractivity (Wildman–Crippen MR) is 87.2 cm³/mol. The van der Waals surface area contributed by atoms with E-state index in [0.29, 0.717) is 5.82 Å². The van der Waals surface area contributed by atoms with E-state index in [9.17, 15) is 4.39 Å². The van der Waals surface area contributed by atoms with E-state index in [-0.39, 0.29) is 0 Å². The van der Waals surface area contributed by atoms with E-state index < -0.39 is 5.95 Å². The third kappa shape index (κ3) is 2.58. The molecule has 0 aromatic carbocycles. The van der Waals surface area contributed by atoms with Crippen LogP contribution in [0.15, 0.2) is 30.6 Å². The van der Waals surface area contributed by atoms with Crippen molar-refractivity contribution in [1.82, 2.24) is 19.9 Å². The summed E-state index contributed by atoms with van der Waals surface area (Å²) in [7, 11) is 0. The maximum atomic E-state index is 13.3. The van der Waals surface area contributed by atoms with Gasteiger partial charge in [0, 0.05) is 31.9 Å². The molecule has 0 unspecified atom stereocenters. The van der Waals surface area contributed by atoms with Crippen LogP contribution in [-0.4, -0.2) is 46.1 Å². The predicted octanol–water partition coefficient (Wildman–Crippen LogP) is 2.13. The molecule has 1 aliphatic heterocycles. The Labute approximate surface area is 133 Å². The number of hydrogen-bond donors (Lipinski definition) is 1. The minimum Gasteiger partial charge on any atom is -0.354 e. The molecule has 1 saturated heterocycles. The molecule has 4 rings (SSSR count). The van der Waals surface area contributed by atoms with Crippen LogP contribution in [0, 0.1) is 12.9 Å². The van der Waals surface area contributed by atoms with Crippen LogP contribution in [0.1, 0.15) is 5.69 Å². The van der Waals surface area contributed by atoms with E-state index in [4.69, 9.17) is 0 Å². The monoisotopic (exact) mass is 312 g/mol. The summed E-state index contributed by atoms with van der Waals surface area (Å²) in [6.07, 6.45) is 1.60. The molecule has 0 atom stereocenters. The molecule has 1 aliphatic rings. The van der Waals surface area contributed by atoms with Crippen LogP contribution in [0.3, 0.4) is 0 Å². The first kappa shape index (κ1) is 13.9. The standard InChI is InChI=1S/C16H17FN6/c1-11-9-12-15(20-11)16(19-10-18-12)23-7-5-22(6-8-23)14-4-2-3-13(17)21-14/h2-4,9-10,20H,5-8H2,1H3. The molecule has 3 aromatic rings. The lowest BCUT2D eigenvalue weighted by Crippen LogP contribution is -2.47. The summed E-state index contributed by atoms with van der Waals surface area (Å²) in [5.41, 5.74) is 2.98. The van der Waals surface area contributed by atoms with Gasteiger partial charge in [0.2, 0.25) is 5.95 Å². The Bertz CT molecular complexity index is 837. The van der Waals surface area contributed by atoms with Crippen LogP contribution >= 0.6 is 0 Å². The number of pyridine rings is 1. The Hall–Kier alpha value is -2.70. The first-order valence-electron chi connectivity index (χ1n) is 7.63. The first-order chi connectivity index (χ1) is 11.2. The number of aryl methyl sites for hydroxylation is 1. The van der Waals surface area contributed by atoms with Crippen LogP contribution in [0.25, 0.3) is 11.0 Å². The molecule has 7 heteroatoms. The molecule has 1 fully saturated rings. The molecular formula is C16H17FN6. The number of fused-ring (bicyclic) bond motifs is 1. The highest BCUT2D eigenvalue weighted by Crippen LogP contribution is 2.24. The summed E-state index contributed by atoms with van der Waals surface area (Å²) in [6, 6.07) is 6.92. The lowest BCUT2D eigenvalue weighted by Gasteiger charge is -2.36. The van der Waals surface area contributed by atoms with Crippen LogP contribution < -0.4 is 9.80 Å². The van der Waals surface area contributed by atoms with E-state index in [1.54, 1.807) is 12.4 Å².